The molecule has 20 heavy (non-hydrogen) atoms. The largest absolute Gasteiger partial charge is 0.482 e. The van der Waals surface area contributed by atoms with Crippen LogP contribution in [0.4, 0.5) is 5.69 Å². The van der Waals surface area contributed by atoms with Gasteiger partial charge >= 0.3 is 0 Å². The summed E-state index contributed by atoms with van der Waals surface area (Å²) in [5.74, 6) is 0.184. The van der Waals surface area contributed by atoms with Crippen LogP contribution in [0.5, 0.6) is 5.75 Å². The lowest BCUT2D eigenvalue weighted by molar-refractivity contribution is -0.118. The molecular formula is C15H10ClNO3. The third-order valence-electron chi connectivity index (χ3n) is 2.98. The number of hydrogen-bond acceptors (Lipinski definition) is 3. The molecule has 0 atom stereocenters. The van der Waals surface area contributed by atoms with Gasteiger partial charge in [-0.25, -0.2) is 0 Å². The lowest BCUT2D eigenvalue weighted by atomic mass is 10.0. The second-order valence-corrected chi connectivity index (χ2v) is 4.82. The first kappa shape index (κ1) is 12.7. The number of amides is 1. The molecule has 3 rings (SSSR count). The Balaban J connectivity index is 1.93. The average Bonchev–Trinajstić information content (AvgIpc) is 2.47. The van der Waals surface area contributed by atoms with Crippen LogP contribution < -0.4 is 10.1 Å². The van der Waals surface area contributed by atoms with Gasteiger partial charge in [-0.3, -0.25) is 9.59 Å². The van der Waals surface area contributed by atoms with Gasteiger partial charge in [0.05, 0.1) is 5.69 Å². The Bertz CT molecular complexity index is 695. The number of benzene rings is 2. The van der Waals surface area contributed by atoms with Crippen molar-refractivity contribution in [1.29, 1.82) is 0 Å². The molecule has 100 valence electrons. The van der Waals surface area contributed by atoms with Gasteiger partial charge in [-0.2, -0.15) is 0 Å². The fraction of sp³-hybridized carbons (Fsp3) is 0.0667. The quantitative estimate of drug-likeness (QED) is 0.864. The molecule has 0 saturated carbocycles. The molecule has 1 heterocycles. The molecule has 0 spiro atoms. The Morgan fingerprint density at radius 2 is 1.80 bits per heavy atom. The van der Waals surface area contributed by atoms with Crippen LogP contribution in [0.15, 0.2) is 42.5 Å². The maximum Gasteiger partial charge on any atom is 0.262 e. The van der Waals surface area contributed by atoms with Gasteiger partial charge in [0, 0.05) is 16.1 Å². The van der Waals surface area contributed by atoms with Crippen molar-refractivity contribution in [3.05, 3.63) is 58.6 Å². The minimum absolute atomic E-state index is 0.0361. The van der Waals surface area contributed by atoms with Crippen molar-refractivity contribution >= 4 is 29.0 Å². The molecule has 0 unspecified atom stereocenters. The minimum atomic E-state index is -0.200. The van der Waals surface area contributed by atoms with Gasteiger partial charge in [-0.05, 0) is 42.5 Å². The van der Waals surface area contributed by atoms with Gasteiger partial charge < -0.3 is 10.1 Å². The summed E-state index contributed by atoms with van der Waals surface area (Å²) in [7, 11) is 0. The van der Waals surface area contributed by atoms with E-state index in [1.54, 1.807) is 42.5 Å². The fourth-order valence-corrected chi connectivity index (χ4v) is 2.11. The molecule has 2 aromatic rings. The van der Waals surface area contributed by atoms with Crippen LogP contribution in [0, 0.1) is 0 Å². The maximum atomic E-state index is 12.3. The number of halogens is 1. The van der Waals surface area contributed by atoms with E-state index in [4.69, 9.17) is 16.3 Å². The predicted molar refractivity (Wildman–Crippen MR) is 75.5 cm³/mol. The van der Waals surface area contributed by atoms with E-state index < -0.39 is 0 Å². The highest BCUT2D eigenvalue weighted by atomic mass is 35.5. The number of rotatable bonds is 2. The summed E-state index contributed by atoms with van der Waals surface area (Å²) in [5, 5.41) is 3.26. The minimum Gasteiger partial charge on any atom is -0.482 e. The molecule has 0 bridgehead atoms. The topological polar surface area (TPSA) is 55.4 Å². The van der Waals surface area contributed by atoms with Gasteiger partial charge in [0.1, 0.15) is 5.75 Å². The van der Waals surface area contributed by atoms with Gasteiger partial charge in [0.2, 0.25) is 0 Å². The van der Waals surface area contributed by atoms with Crippen LogP contribution in [-0.2, 0) is 4.79 Å². The van der Waals surface area contributed by atoms with Crippen LogP contribution in [-0.4, -0.2) is 18.3 Å². The van der Waals surface area contributed by atoms with Crippen molar-refractivity contribution in [1.82, 2.24) is 0 Å². The Labute approximate surface area is 120 Å². The summed E-state index contributed by atoms with van der Waals surface area (Å²) in [4.78, 5) is 23.5. The van der Waals surface area contributed by atoms with Crippen LogP contribution in [0.3, 0.4) is 0 Å². The molecule has 0 aromatic heterocycles. The zero-order valence-electron chi connectivity index (χ0n) is 10.4. The molecular weight excluding hydrogens is 278 g/mol. The first-order valence-electron chi connectivity index (χ1n) is 6.00. The summed E-state index contributed by atoms with van der Waals surface area (Å²) < 4.78 is 5.30. The van der Waals surface area contributed by atoms with E-state index in [0.717, 1.165) is 0 Å². The normalized spacial score (nSPS) is 13.2. The molecule has 5 heteroatoms. The van der Waals surface area contributed by atoms with Gasteiger partial charge in [0.15, 0.2) is 12.4 Å². The molecule has 4 nitrogen and oxygen atoms in total. The zero-order valence-corrected chi connectivity index (χ0v) is 11.1. The number of carbonyl (C=O) groups is 2. The highest BCUT2D eigenvalue weighted by molar-refractivity contribution is 6.30. The van der Waals surface area contributed by atoms with Crippen LogP contribution in [0.2, 0.25) is 5.02 Å². The average molecular weight is 288 g/mol. The van der Waals surface area contributed by atoms with E-state index in [2.05, 4.69) is 5.32 Å². The smallest absolute Gasteiger partial charge is 0.262 e. The molecule has 0 saturated heterocycles. The van der Waals surface area contributed by atoms with Crippen molar-refractivity contribution in [3.63, 3.8) is 0 Å². The molecule has 2 aromatic carbocycles. The van der Waals surface area contributed by atoms with Gasteiger partial charge in [-0.15, -0.1) is 0 Å². The second kappa shape index (κ2) is 4.98. The second-order valence-electron chi connectivity index (χ2n) is 4.38. The molecule has 0 aliphatic carbocycles. The lowest BCUT2D eigenvalue weighted by Gasteiger charge is -2.18. The fourth-order valence-electron chi connectivity index (χ4n) is 1.98. The number of fused-ring (bicyclic) bond motifs is 1. The van der Waals surface area contributed by atoms with Crippen LogP contribution >= 0.6 is 11.6 Å². The molecule has 1 amide bonds. The van der Waals surface area contributed by atoms with E-state index in [1.807, 2.05) is 0 Å². The van der Waals surface area contributed by atoms with Crippen LogP contribution in [0.25, 0.3) is 0 Å². The predicted octanol–water partition coefficient (Wildman–Crippen LogP) is 2.90. The van der Waals surface area contributed by atoms with Crippen molar-refractivity contribution in [3.8, 4) is 5.75 Å². The van der Waals surface area contributed by atoms with Gasteiger partial charge in [-0.1, -0.05) is 11.6 Å². The number of carbonyl (C=O) groups excluding carboxylic acids is 2. The Kier molecular flexibility index (Phi) is 3.16. The lowest BCUT2D eigenvalue weighted by Crippen LogP contribution is -2.25. The van der Waals surface area contributed by atoms with E-state index >= 15 is 0 Å². The van der Waals surface area contributed by atoms with E-state index in [-0.39, 0.29) is 18.3 Å². The number of ketones is 1. The third-order valence-corrected chi connectivity index (χ3v) is 3.24. The molecule has 0 fully saturated rings. The number of nitrogens with one attached hydrogen (secondary N) is 1. The van der Waals surface area contributed by atoms with Crippen molar-refractivity contribution in [2.45, 2.75) is 0 Å². The first-order valence-corrected chi connectivity index (χ1v) is 6.38. The highest BCUT2D eigenvalue weighted by Gasteiger charge is 2.18. The Morgan fingerprint density at radius 3 is 2.55 bits per heavy atom. The van der Waals surface area contributed by atoms with E-state index in [1.165, 1.54) is 0 Å². The number of hydrogen-bond donors (Lipinski definition) is 1. The summed E-state index contributed by atoms with van der Waals surface area (Å²) >= 11 is 5.80. The summed E-state index contributed by atoms with van der Waals surface area (Å²) in [5.41, 5.74) is 1.63. The first-order chi connectivity index (χ1) is 9.63. The van der Waals surface area contributed by atoms with E-state index in [0.29, 0.717) is 27.6 Å². The molecule has 1 N–H and O–H groups in total. The third kappa shape index (κ3) is 2.38. The molecule has 0 radical (unpaired) electrons. The van der Waals surface area contributed by atoms with Crippen molar-refractivity contribution in [2.75, 3.05) is 11.9 Å². The van der Waals surface area contributed by atoms with Crippen LogP contribution in [0.1, 0.15) is 15.9 Å². The molecule has 1 aliphatic heterocycles. The van der Waals surface area contributed by atoms with E-state index in [9.17, 15) is 9.59 Å². The molecule has 1 aliphatic rings. The summed E-state index contributed by atoms with van der Waals surface area (Å²) in [6, 6.07) is 11.6. The SMILES string of the molecule is O=C1COc2cc(C(=O)c3ccc(Cl)cc3)ccc2N1. The Morgan fingerprint density at radius 1 is 1.10 bits per heavy atom. The standard InChI is InChI=1S/C15H10ClNO3/c16-11-4-1-9(2-5-11)15(19)10-3-6-12-13(7-10)20-8-14(18)17-12/h1-7H,8H2,(H,17,18). The van der Waals surface area contributed by atoms with Crippen molar-refractivity contribution < 1.29 is 14.3 Å². The number of ether oxygens (including phenoxy) is 1. The number of anilines is 1. The Hall–Kier alpha value is -2.33. The summed E-state index contributed by atoms with van der Waals surface area (Å²) in [6.07, 6.45) is 0. The highest BCUT2D eigenvalue weighted by Crippen LogP contribution is 2.29. The van der Waals surface area contributed by atoms with Crippen molar-refractivity contribution in [2.24, 2.45) is 0 Å². The maximum absolute atomic E-state index is 12.3. The van der Waals surface area contributed by atoms with Gasteiger partial charge in [0.25, 0.3) is 5.91 Å². The summed E-state index contributed by atoms with van der Waals surface area (Å²) in [6.45, 7) is -0.0361. The monoisotopic (exact) mass is 287 g/mol. The zero-order chi connectivity index (χ0) is 14.1.